The van der Waals surface area contributed by atoms with Gasteiger partial charge in [-0.1, -0.05) is 0 Å². The molecule has 0 saturated carbocycles. The zero-order chi connectivity index (χ0) is 18.5. The van der Waals surface area contributed by atoms with E-state index in [0.29, 0.717) is 0 Å². The lowest BCUT2D eigenvalue weighted by Gasteiger charge is -2.16. The molecule has 10 heteroatoms. The fourth-order valence-electron chi connectivity index (χ4n) is 1.78. The van der Waals surface area contributed by atoms with Crippen LogP contribution in [-0.2, 0) is 19.6 Å². The van der Waals surface area contributed by atoms with E-state index in [4.69, 9.17) is 14.6 Å². The summed E-state index contributed by atoms with van der Waals surface area (Å²) in [6.07, 6.45) is -1.20. The lowest BCUT2D eigenvalue weighted by atomic mass is 10.2. The lowest BCUT2D eigenvalue weighted by Crippen LogP contribution is -2.37. The second-order valence-electron chi connectivity index (χ2n) is 4.93. The van der Waals surface area contributed by atoms with Crippen LogP contribution in [0.15, 0.2) is 23.1 Å². The third-order valence-electron chi connectivity index (χ3n) is 3.19. The van der Waals surface area contributed by atoms with Gasteiger partial charge in [-0.25, -0.2) is 17.5 Å². The van der Waals surface area contributed by atoms with E-state index in [1.54, 1.807) is 0 Å². The van der Waals surface area contributed by atoms with Crippen molar-refractivity contribution < 1.29 is 32.6 Å². The number of hydrogen-bond acceptors (Lipinski definition) is 6. The number of nitrogens with one attached hydrogen (secondary N) is 1. The number of nitrogens with zero attached hydrogens (tertiary/aromatic N) is 1. The maximum absolute atomic E-state index is 12.3. The molecule has 0 saturated heterocycles. The minimum Gasteiger partial charge on any atom is -0.495 e. The summed E-state index contributed by atoms with van der Waals surface area (Å²) in [7, 11) is 1.43. The highest BCUT2D eigenvalue weighted by Gasteiger charge is 2.24. The van der Waals surface area contributed by atoms with Gasteiger partial charge in [0.05, 0.1) is 13.7 Å². The Morgan fingerprint density at radius 1 is 1.29 bits per heavy atom. The average molecular weight is 360 g/mol. The summed E-state index contributed by atoms with van der Waals surface area (Å²) >= 11 is 0. The molecule has 0 heterocycles. The van der Waals surface area contributed by atoms with Crippen LogP contribution < -0.4 is 10.1 Å². The molecule has 1 amide bonds. The van der Waals surface area contributed by atoms with Gasteiger partial charge in [-0.15, -0.1) is 0 Å². The molecular formula is C14H20N2O7S. The van der Waals surface area contributed by atoms with Crippen molar-refractivity contribution in [3.8, 4) is 5.75 Å². The quantitative estimate of drug-likeness (QED) is 0.657. The van der Waals surface area contributed by atoms with E-state index in [1.165, 1.54) is 46.5 Å². The van der Waals surface area contributed by atoms with E-state index in [1.807, 2.05) is 0 Å². The molecule has 0 aromatic heterocycles. The fraction of sp³-hybridized carbons (Fsp3) is 0.429. The molecule has 0 fully saturated rings. The SMILES string of the molecule is COc1ccc(C(=O)NCC(OC)C(=O)O)cc1S(=O)(=O)N(C)C. The number of benzene rings is 1. The van der Waals surface area contributed by atoms with Gasteiger partial charge in [-0.3, -0.25) is 4.79 Å². The number of hydrogen-bond donors (Lipinski definition) is 2. The number of amides is 1. The van der Waals surface area contributed by atoms with Crippen molar-refractivity contribution in [1.82, 2.24) is 9.62 Å². The van der Waals surface area contributed by atoms with Crippen molar-refractivity contribution in [3.63, 3.8) is 0 Å². The molecule has 0 radical (unpaired) electrons. The minimum atomic E-state index is -3.82. The zero-order valence-electron chi connectivity index (χ0n) is 13.8. The minimum absolute atomic E-state index is 0.0523. The van der Waals surface area contributed by atoms with E-state index in [0.717, 1.165) is 4.31 Å². The van der Waals surface area contributed by atoms with Crippen LogP contribution in [0.3, 0.4) is 0 Å². The molecular weight excluding hydrogens is 340 g/mol. The summed E-state index contributed by atoms with van der Waals surface area (Å²) in [5.74, 6) is -1.75. The summed E-state index contributed by atoms with van der Waals surface area (Å²) in [6.45, 7) is -0.257. The van der Waals surface area contributed by atoms with Crippen LogP contribution in [0.1, 0.15) is 10.4 Å². The Bertz CT molecular complexity index is 716. The van der Waals surface area contributed by atoms with Crippen molar-refractivity contribution in [2.24, 2.45) is 0 Å². The van der Waals surface area contributed by atoms with Gasteiger partial charge in [-0.05, 0) is 18.2 Å². The molecule has 1 atom stereocenters. The van der Waals surface area contributed by atoms with Crippen molar-refractivity contribution in [3.05, 3.63) is 23.8 Å². The molecule has 24 heavy (non-hydrogen) atoms. The summed E-state index contributed by atoms with van der Waals surface area (Å²) < 4.78 is 35.3. The third-order valence-corrected chi connectivity index (χ3v) is 5.03. The first-order valence-electron chi connectivity index (χ1n) is 6.79. The molecule has 0 spiro atoms. The number of carboxylic acids is 1. The van der Waals surface area contributed by atoms with E-state index in [9.17, 15) is 18.0 Å². The molecule has 9 nitrogen and oxygen atoms in total. The summed E-state index contributed by atoms with van der Waals surface area (Å²) in [5, 5.41) is 11.2. The average Bonchev–Trinajstić information content (AvgIpc) is 2.54. The number of ether oxygens (including phenoxy) is 2. The van der Waals surface area contributed by atoms with E-state index in [-0.39, 0.29) is 22.8 Å². The van der Waals surface area contributed by atoms with Gasteiger partial charge in [-0.2, -0.15) is 0 Å². The molecule has 0 aliphatic carbocycles. The van der Waals surface area contributed by atoms with Crippen LogP contribution in [-0.4, -0.2) is 70.7 Å². The zero-order valence-corrected chi connectivity index (χ0v) is 14.6. The van der Waals surface area contributed by atoms with E-state index in [2.05, 4.69) is 5.32 Å². The highest BCUT2D eigenvalue weighted by Crippen LogP contribution is 2.26. The third kappa shape index (κ3) is 4.43. The number of carboxylic acid groups (broad SMARTS) is 1. The van der Waals surface area contributed by atoms with Crippen molar-refractivity contribution in [2.45, 2.75) is 11.0 Å². The van der Waals surface area contributed by atoms with E-state index < -0.39 is 28.0 Å². The summed E-state index contributed by atoms with van der Waals surface area (Å²) in [6, 6.07) is 3.91. The second-order valence-corrected chi connectivity index (χ2v) is 7.05. The van der Waals surface area contributed by atoms with Crippen LogP contribution in [0.5, 0.6) is 5.75 Å². The van der Waals surface area contributed by atoms with Gasteiger partial charge < -0.3 is 19.9 Å². The number of rotatable bonds is 8. The maximum Gasteiger partial charge on any atom is 0.334 e. The molecule has 2 N–H and O–H groups in total. The molecule has 1 rings (SSSR count). The summed E-state index contributed by atoms with van der Waals surface area (Å²) in [4.78, 5) is 22.8. The Hall–Kier alpha value is -2.17. The first kappa shape index (κ1) is 19.9. The topological polar surface area (TPSA) is 122 Å². The van der Waals surface area contributed by atoms with Crippen LogP contribution in [0.4, 0.5) is 0 Å². The van der Waals surface area contributed by atoms with E-state index >= 15 is 0 Å². The summed E-state index contributed by atoms with van der Waals surface area (Å²) in [5.41, 5.74) is 0.0523. The normalized spacial score (nSPS) is 12.7. The molecule has 0 aliphatic rings. The molecule has 134 valence electrons. The Morgan fingerprint density at radius 3 is 2.38 bits per heavy atom. The Morgan fingerprint density at radius 2 is 1.92 bits per heavy atom. The van der Waals surface area contributed by atoms with Crippen LogP contribution in [0.25, 0.3) is 0 Å². The second kappa shape index (κ2) is 8.08. The smallest absolute Gasteiger partial charge is 0.334 e. The molecule has 0 aliphatic heterocycles. The predicted octanol–water partition coefficient (Wildman–Crippen LogP) is -0.225. The Kier molecular flexibility index (Phi) is 6.70. The largest absolute Gasteiger partial charge is 0.495 e. The standard InChI is InChI=1S/C14H20N2O7S/c1-16(2)24(20,21)12-7-9(5-6-10(12)22-3)13(17)15-8-11(23-4)14(18)19/h5-7,11H,8H2,1-4H3,(H,15,17)(H,18,19). The Labute approximate surface area is 140 Å². The molecule has 1 aromatic rings. The van der Waals surface area contributed by atoms with Crippen LogP contribution >= 0.6 is 0 Å². The van der Waals surface area contributed by atoms with Gasteiger partial charge >= 0.3 is 5.97 Å². The van der Waals surface area contributed by atoms with Gasteiger partial charge in [0.25, 0.3) is 5.91 Å². The van der Waals surface area contributed by atoms with Gasteiger partial charge in [0.15, 0.2) is 6.10 Å². The van der Waals surface area contributed by atoms with Gasteiger partial charge in [0, 0.05) is 26.8 Å². The van der Waals surface area contributed by atoms with Gasteiger partial charge in [0.2, 0.25) is 10.0 Å². The molecule has 0 bridgehead atoms. The van der Waals surface area contributed by atoms with Crippen molar-refractivity contribution in [2.75, 3.05) is 34.9 Å². The molecule has 1 unspecified atom stereocenters. The van der Waals surface area contributed by atoms with Crippen molar-refractivity contribution >= 4 is 21.9 Å². The highest BCUT2D eigenvalue weighted by atomic mass is 32.2. The lowest BCUT2D eigenvalue weighted by molar-refractivity contribution is -0.148. The monoisotopic (exact) mass is 360 g/mol. The van der Waals surface area contributed by atoms with Crippen LogP contribution in [0, 0.1) is 0 Å². The molecule has 1 aromatic carbocycles. The predicted molar refractivity (Wildman–Crippen MR) is 84.6 cm³/mol. The van der Waals surface area contributed by atoms with Crippen molar-refractivity contribution in [1.29, 1.82) is 0 Å². The Balaban J connectivity index is 3.10. The number of sulfonamides is 1. The number of carbonyl (C=O) groups excluding carboxylic acids is 1. The maximum atomic E-state index is 12.3. The first-order valence-corrected chi connectivity index (χ1v) is 8.23. The number of carbonyl (C=O) groups is 2. The fourth-order valence-corrected chi connectivity index (χ4v) is 2.85. The number of aliphatic carboxylic acids is 1. The van der Waals surface area contributed by atoms with Gasteiger partial charge in [0.1, 0.15) is 10.6 Å². The number of methoxy groups -OCH3 is 2. The highest BCUT2D eigenvalue weighted by molar-refractivity contribution is 7.89. The first-order chi connectivity index (χ1) is 11.1. The van der Waals surface area contributed by atoms with Crippen LogP contribution in [0.2, 0.25) is 0 Å².